The number of amides is 1. The minimum absolute atomic E-state index is 0.0944. The molecule has 20 heavy (non-hydrogen) atoms. The first kappa shape index (κ1) is 16.3. The largest absolute Gasteiger partial charge is 0.481 e. The van der Waals surface area contributed by atoms with Crippen LogP contribution in [0.5, 0.6) is 0 Å². The van der Waals surface area contributed by atoms with E-state index in [2.05, 4.69) is 5.32 Å². The highest BCUT2D eigenvalue weighted by atomic mass is 16.6. The SMILES string of the molecule is CC(C)(C)OC(=O)NC1CC(C(=O)O)CC(C(=O)O)C1. The number of hydrogen-bond acceptors (Lipinski definition) is 4. The zero-order chi connectivity index (χ0) is 15.5. The van der Waals surface area contributed by atoms with E-state index in [-0.39, 0.29) is 19.3 Å². The van der Waals surface area contributed by atoms with Crippen LogP contribution in [0.1, 0.15) is 40.0 Å². The fourth-order valence-corrected chi connectivity index (χ4v) is 2.31. The smallest absolute Gasteiger partial charge is 0.407 e. The minimum Gasteiger partial charge on any atom is -0.481 e. The third-order valence-corrected chi connectivity index (χ3v) is 3.13. The summed E-state index contributed by atoms with van der Waals surface area (Å²) in [5, 5.41) is 20.6. The second kappa shape index (κ2) is 6.11. The molecule has 3 N–H and O–H groups in total. The molecule has 2 atom stereocenters. The Bertz CT molecular complexity index is 378. The Morgan fingerprint density at radius 3 is 1.80 bits per heavy atom. The summed E-state index contributed by atoms with van der Waals surface area (Å²) in [6.07, 6.45) is -0.119. The molecule has 1 saturated carbocycles. The van der Waals surface area contributed by atoms with Gasteiger partial charge in [-0.1, -0.05) is 0 Å². The predicted octanol–water partition coefficient (Wildman–Crippen LogP) is 1.47. The maximum atomic E-state index is 11.7. The van der Waals surface area contributed by atoms with Crippen LogP contribution in [0.15, 0.2) is 0 Å². The molecule has 0 bridgehead atoms. The van der Waals surface area contributed by atoms with E-state index in [1.54, 1.807) is 20.8 Å². The van der Waals surface area contributed by atoms with Crippen LogP contribution in [0.2, 0.25) is 0 Å². The Morgan fingerprint density at radius 2 is 1.45 bits per heavy atom. The number of carboxylic acid groups (broad SMARTS) is 2. The van der Waals surface area contributed by atoms with E-state index in [0.29, 0.717) is 0 Å². The number of carbonyl (C=O) groups excluding carboxylic acids is 1. The lowest BCUT2D eigenvalue weighted by Gasteiger charge is -2.32. The molecule has 2 unspecified atom stereocenters. The van der Waals surface area contributed by atoms with Crippen molar-refractivity contribution in [3.05, 3.63) is 0 Å². The maximum absolute atomic E-state index is 11.7. The lowest BCUT2D eigenvalue weighted by Crippen LogP contribution is -2.45. The van der Waals surface area contributed by atoms with Gasteiger partial charge in [-0.05, 0) is 40.0 Å². The van der Waals surface area contributed by atoms with Gasteiger partial charge in [0.25, 0.3) is 0 Å². The number of rotatable bonds is 3. The van der Waals surface area contributed by atoms with Crippen molar-refractivity contribution in [1.82, 2.24) is 5.32 Å². The van der Waals surface area contributed by atoms with Crippen LogP contribution in [-0.2, 0) is 14.3 Å². The summed E-state index contributed by atoms with van der Waals surface area (Å²) < 4.78 is 5.09. The number of nitrogens with one attached hydrogen (secondary N) is 1. The molecule has 1 aliphatic rings. The molecule has 0 aromatic carbocycles. The third-order valence-electron chi connectivity index (χ3n) is 3.13. The van der Waals surface area contributed by atoms with Gasteiger partial charge in [0.15, 0.2) is 0 Å². The van der Waals surface area contributed by atoms with Crippen LogP contribution >= 0.6 is 0 Å². The van der Waals surface area contributed by atoms with Gasteiger partial charge in [0, 0.05) is 6.04 Å². The third kappa shape index (κ3) is 5.07. The number of alkyl carbamates (subject to hydrolysis) is 1. The average molecular weight is 287 g/mol. The van der Waals surface area contributed by atoms with Gasteiger partial charge in [0.05, 0.1) is 11.8 Å². The molecule has 1 fully saturated rings. The lowest BCUT2D eigenvalue weighted by atomic mass is 9.78. The lowest BCUT2D eigenvalue weighted by molar-refractivity contribution is -0.148. The van der Waals surface area contributed by atoms with Crippen molar-refractivity contribution in [1.29, 1.82) is 0 Å². The van der Waals surface area contributed by atoms with E-state index in [9.17, 15) is 14.4 Å². The molecular formula is C13H21NO6. The zero-order valence-corrected chi connectivity index (χ0v) is 11.9. The molecular weight excluding hydrogens is 266 g/mol. The highest BCUT2D eigenvalue weighted by molar-refractivity contribution is 5.75. The van der Waals surface area contributed by atoms with E-state index >= 15 is 0 Å². The Morgan fingerprint density at radius 1 is 1.00 bits per heavy atom. The number of hydrogen-bond donors (Lipinski definition) is 3. The van der Waals surface area contributed by atoms with E-state index in [1.165, 1.54) is 0 Å². The Labute approximate surface area is 117 Å². The van der Waals surface area contributed by atoms with Crippen molar-refractivity contribution in [2.75, 3.05) is 0 Å². The minimum atomic E-state index is -1.04. The second-order valence-corrected chi connectivity index (χ2v) is 6.12. The highest BCUT2D eigenvalue weighted by Crippen LogP contribution is 2.30. The van der Waals surface area contributed by atoms with Gasteiger partial charge < -0.3 is 20.3 Å². The molecule has 0 saturated heterocycles. The van der Waals surface area contributed by atoms with Crippen LogP contribution < -0.4 is 5.32 Å². The molecule has 7 heteroatoms. The summed E-state index contributed by atoms with van der Waals surface area (Å²) in [4.78, 5) is 33.7. The van der Waals surface area contributed by atoms with Crippen LogP contribution in [0, 0.1) is 11.8 Å². The zero-order valence-electron chi connectivity index (χ0n) is 11.9. The molecule has 0 aromatic heterocycles. The molecule has 0 aromatic rings. The Kier molecular flexibility index (Phi) is 4.97. The molecule has 0 radical (unpaired) electrons. The molecule has 114 valence electrons. The molecule has 1 aliphatic carbocycles. The van der Waals surface area contributed by atoms with Gasteiger partial charge in [-0.15, -0.1) is 0 Å². The van der Waals surface area contributed by atoms with Crippen LogP contribution in [0.25, 0.3) is 0 Å². The van der Waals surface area contributed by atoms with Gasteiger partial charge >= 0.3 is 18.0 Å². The number of ether oxygens (including phenoxy) is 1. The van der Waals surface area contributed by atoms with Gasteiger partial charge in [-0.25, -0.2) is 4.79 Å². The first-order chi connectivity index (χ1) is 9.08. The molecule has 0 heterocycles. The Hall–Kier alpha value is -1.79. The standard InChI is InChI=1S/C13H21NO6/c1-13(2,3)20-12(19)14-9-5-7(10(15)16)4-8(6-9)11(17)18/h7-9H,4-6H2,1-3H3,(H,14,19)(H,15,16)(H,17,18). The van der Waals surface area contributed by atoms with Crippen LogP contribution in [-0.4, -0.2) is 39.9 Å². The predicted molar refractivity (Wildman–Crippen MR) is 69.3 cm³/mol. The highest BCUT2D eigenvalue weighted by Gasteiger charge is 2.37. The summed E-state index contributed by atoms with van der Waals surface area (Å²) in [7, 11) is 0. The van der Waals surface area contributed by atoms with E-state index in [4.69, 9.17) is 14.9 Å². The fraction of sp³-hybridized carbons (Fsp3) is 0.769. The van der Waals surface area contributed by atoms with Gasteiger partial charge in [0.1, 0.15) is 5.60 Å². The number of carbonyl (C=O) groups is 3. The first-order valence-electron chi connectivity index (χ1n) is 6.53. The van der Waals surface area contributed by atoms with E-state index < -0.39 is 41.5 Å². The fourth-order valence-electron chi connectivity index (χ4n) is 2.31. The summed E-state index contributed by atoms with van der Waals surface area (Å²) >= 11 is 0. The quantitative estimate of drug-likeness (QED) is 0.724. The topological polar surface area (TPSA) is 113 Å². The molecule has 0 aliphatic heterocycles. The van der Waals surface area contributed by atoms with Crippen LogP contribution in [0.3, 0.4) is 0 Å². The van der Waals surface area contributed by atoms with E-state index in [1.807, 2.05) is 0 Å². The monoisotopic (exact) mass is 287 g/mol. The van der Waals surface area contributed by atoms with Crippen molar-refractivity contribution in [2.45, 2.75) is 51.7 Å². The maximum Gasteiger partial charge on any atom is 0.407 e. The van der Waals surface area contributed by atoms with Crippen molar-refractivity contribution in [3.63, 3.8) is 0 Å². The van der Waals surface area contributed by atoms with Gasteiger partial charge in [-0.3, -0.25) is 9.59 Å². The summed E-state index contributed by atoms with van der Waals surface area (Å²) in [6.45, 7) is 5.15. The molecule has 0 spiro atoms. The van der Waals surface area contributed by atoms with Crippen molar-refractivity contribution < 1.29 is 29.3 Å². The molecule has 7 nitrogen and oxygen atoms in total. The summed E-state index contributed by atoms with van der Waals surface area (Å²) in [6, 6.07) is -0.499. The Balaban J connectivity index is 2.66. The number of aliphatic carboxylic acids is 2. The summed E-state index contributed by atoms with van der Waals surface area (Å²) in [5.41, 5.74) is -0.656. The van der Waals surface area contributed by atoms with Crippen molar-refractivity contribution >= 4 is 18.0 Å². The molecule has 1 amide bonds. The first-order valence-corrected chi connectivity index (χ1v) is 6.53. The van der Waals surface area contributed by atoms with Gasteiger partial charge in [0.2, 0.25) is 0 Å². The van der Waals surface area contributed by atoms with Gasteiger partial charge in [-0.2, -0.15) is 0 Å². The van der Waals surface area contributed by atoms with Crippen molar-refractivity contribution in [2.24, 2.45) is 11.8 Å². The summed E-state index contributed by atoms with van der Waals surface area (Å²) in [5.74, 6) is -3.59. The van der Waals surface area contributed by atoms with E-state index in [0.717, 1.165) is 0 Å². The van der Waals surface area contributed by atoms with Crippen LogP contribution in [0.4, 0.5) is 4.79 Å². The average Bonchev–Trinajstić information content (AvgIpc) is 2.25. The number of carboxylic acids is 2. The van der Waals surface area contributed by atoms with Crippen molar-refractivity contribution in [3.8, 4) is 0 Å². The normalized spacial score (nSPS) is 26.6. The second-order valence-electron chi connectivity index (χ2n) is 6.12. The molecule has 1 rings (SSSR count).